The van der Waals surface area contributed by atoms with Crippen molar-refractivity contribution in [3.63, 3.8) is 0 Å². The molecule has 1 aromatic heterocycles. The average Bonchev–Trinajstić information content (AvgIpc) is 2.82. The van der Waals surface area contributed by atoms with Gasteiger partial charge in [-0.2, -0.15) is 0 Å². The highest BCUT2D eigenvalue weighted by atomic mass is 79.9. The van der Waals surface area contributed by atoms with E-state index in [0.717, 1.165) is 10.4 Å². The molecule has 2 rings (SSSR count). The maximum absolute atomic E-state index is 13.4. The molecular weight excluding hydrogens is 305 g/mol. The highest BCUT2D eigenvalue weighted by molar-refractivity contribution is 9.10. The maximum atomic E-state index is 13.4. The lowest BCUT2D eigenvalue weighted by Crippen LogP contribution is -2.29. The summed E-state index contributed by atoms with van der Waals surface area (Å²) in [6, 6.07) is 4.90. The molecule has 0 bridgehead atoms. The SMILES string of the molecule is NNC(Cc1cncs1)c1ccc(Br)c(F)c1. The van der Waals surface area contributed by atoms with E-state index in [-0.39, 0.29) is 11.9 Å². The van der Waals surface area contributed by atoms with Gasteiger partial charge in [0.1, 0.15) is 5.82 Å². The average molecular weight is 316 g/mol. The van der Waals surface area contributed by atoms with Gasteiger partial charge in [-0.25, -0.2) is 4.39 Å². The van der Waals surface area contributed by atoms with Crippen molar-refractivity contribution in [3.8, 4) is 0 Å². The molecule has 1 heterocycles. The summed E-state index contributed by atoms with van der Waals surface area (Å²) in [5, 5.41) is 0. The summed E-state index contributed by atoms with van der Waals surface area (Å²) in [6.45, 7) is 0. The molecule has 0 radical (unpaired) electrons. The zero-order valence-corrected chi connectivity index (χ0v) is 11.3. The molecule has 0 saturated heterocycles. The third kappa shape index (κ3) is 3.10. The van der Waals surface area contributed by atoms with E-state index in [0.29, 0.717) is 10.9 Å². The Morgan fingerprint density at radius 1 is 1.53 bits per heavy atom. The van der Waals surface area contributed by atoms with Crippen LogP contribution in [-0.2, 0) is 6.42 Å². The van der Waals surface area contributed by atoms with Crippen LogP contribution in [0.1, 0.15) is 16.5 Å². The first kappa shape index (κ1) is 12.6. The predicted molar refractivity (Wildman–Crippen MR) is 70.0 cm³/mol. The Kier molecular flexibility index (Phi) is 4.22. The van der Waals surface area contributed by atoms with Gasteiger partial charge in [-0.1, -0.05) is 6.07 Å². The molecule has 0 aliphatic rings. The third-order valence-electron chi connectivity index (χ3n) is 2.44. The predicted octanol–water partition coefficient (Wildman–Crippen LogP) is 2.79. The highest BCUT2D eigenvalue weighted by Gasteiger charge is 2.13. The van der Waals surface area contributed by atoms with Crippen molar-refractivity contribution in [2.75, 3.05) is 0 Å². The molecule has 6 heteroatoms. The summed E-state index contributed by atoms with van der Waals surface area (Å²) in [6.07, 6.45) is 2.49. The summed E-state index contributed by atoms with van der Waals surface area (Å²) in [4.78, 5) is 5.11. The van der Waals surface area contributed by atoms with E-state index in [1.165, 1.54) is 6.07 Å². The van der Waals surface area contributed by atoms with Gasteiger partial charge in [0.15, 0.2) is 0 Å². The second-order valence-electron chi connectivity index (χ2n) is 3.56. The number of nitrogens with zero attached hydrogens (tertiary/aromatic N) is 1. The van der Waals surface area contributed by atoms with Crippen molar-refractivity contribution < 1.29 is 4.39 Å². The summed E-state index contributed by atoms with van der Waals surface area (Å²) in [7, 11) is 0. The number of nitrogens with one attached hydrogen (secondary N) is 1. The van der Waals surface area contributed by atoms with E-state index in [4.69, 9.17) is 5.84 Å². The molecule has 0 spiro atoms. The lowest BCUT2D eigenvalue weighted by atomic mass is 10.0. The van der Waals surface area contributed by atoms with Gasteiger partial charge >= 0.3 is 0 Å². The largest absolute Gasteiger partial charge is 0.271 e. The summed E-state index contributed by atoms with van der Waals surface area (Å²) in [5.41, 5.74) is 5.29. The Bertz CT molecular complexity index is 489. The smallest absolute Gasteiger partial charge is 0.137 e. The molecule has 1 atom stereocenters. The number of hydrazine groups is 1. The van der Waals surface area contributed by atoms with E-state index in [1.54, 1.807) is 29.1 Å². The molecule has 0 aliphatic heterocycles. The van der Waals surface area contributed by atoms with Gasteiger partial charge in [0.05, 0.1) is 16.0 Å². The second kappa shape index (κ2) is 5.68. The molecular formula is C11H11BrFN3S. The molecule has 0 fully saturated rings. The van der Waals surface area contributed by atoms with Crippen molar-refractivity contribution in [2.24, 2.45) is 5.84 Å². The van der Waals surface area contributed by atoms with Gasteiger partial charge in [-0.15, -0.1) is 11.3 Å². The number of rotatable bonds is 4. The topological polar surface area (TPSA) is 50.9 Å². The van der Waals surface area contributed by atoms with Gasteiger partial charge < -0.3 is 0 Å². The van der Waals surface area contributed by atoms with Crippen LogP contribution in [0.3, 0.4) is 0 Å². The first-order valence-corrected chi connectivity index (χ1v) is 6.66. The zero-order valence-electron chi connectivity index (χ0n) is 8.86. The molecule has 3 nitrogen and oxygen atoms in total. The monoisotopic (exact) mass is 315 g/mol. The van der Waals surface area contributed by atoms with Gasteiger partial charge in [0, 0.05) is 17.5 Å². The molecule has 3 N–H and O–H groups in total. The number of thiazole rings is 1. The highest BCUT2D eigenvalue weighted by Crippen LogP contribution is 2.23. The van der Waals surface area contributed by atoms with Crippen LogP contribution >= 0.6 is 27.3 Å². The van der Waals surface area contributed by atoms with Crippen LogP contribution in [0.2, 0.25) is 0 Å². The summed E-state index contributed by atoms with van der Waals surface area (Å²) >= 11 is 4.69. The maximum Gasteiger partial charge on any atom is 0.137 e. The number of halogens is 2. The molecule has 17 heavy (non-hydrogen) atoms. The fourth-order valence-corrected chi connectivity index (χ4v) is 2.43. The Hall–Kier alpha value is -0.820. The molecule has 0 saturated carbocycles. The van der Waals surface area contributed by atoms with Crippen molar-refractivity contribution >= 4 is 27.3 Å². The van der Waals surface area contributed by atoms with Gasteiger partial charge in [0.2, 0.25) is 0 Å². The van der Waals surface area contributed by atoms with Crippen LogP contribution in [0.4, 0.5) is 4.39 Å². The quantitative estimate of drug-likeness (QED) is 0.674. The minimum absolute atomic E-state index is 0.113. The molecule has 0 aliphatic carbocycles. The number of benzene rings is 1. The van der Waals surface area contributed by atoms with E-state index < -0.39 is 0 Å². The van der Waals surface area contributed by atoms with Crippen LogP contribution in [0.5, 0.6) is 0 Å². The molecule has 90 valence electrons. The Labute approximate surface area is 111 Å². The number of nitrogens with two attached hydrogens (primary N) is 1. The minimum atomic E-state index is -0.285. The fraction of sp³-hybridized carbons (Fsp3) is 0.182. The number of hydrogen-bond acceptors (Lipinski definition) is 4. The third-order valence-corrected chi connectivity index (χ3v) is 3.88. The molecule has 1 aromatic carbocycles. The normalized spacial score (nSPS) is 12.6. The Morgan fingerprint density at radius 3 is 2.94 bits per heavy atom. The van der Waals surface area contributed by atoms with Crippen molar-refractivity contribution in [2.45, 2.75) is 12.5 Å². The number of aromatic nitrogens is 1. The van der Waals surface area contributed by atoms with Gasteiger partial charge in [-0.05, 0) is 33.6 Å². The Morgan fingerprint density at radius 2 is 2.35 bits per heavy atom. The molecule has 1 unspecified atom stereocenters. The van der Waals surface area contributed by atoms with Crippen LogP contribution in [0.25, 0.3) is 0 Å². The number of hydrogen-bond donors (Lipinski definition) is 2. The van der Waals surface area contributed by atoms with Gasteiger partial charge in [0.25, 0.3) is 0 Å². The van der Waals surface area contributed by atoms with E-state index in [2.05, 4.69) is 26.3 Å². The van der Waals surface area contributed by atoms with Crippen molar-refractivity contribution in [1.29, 1.82) is 0 Å². The van der Waals surface area contributed by atoms with Crippen molar-refractivity contribution in [3.05, 3.63) is 50.6 Å². The molecule has 2 aromatic rings. The first-order valence-electron chi connectivity index (χ1n) is 4.99. The van der Waals surface area contributed by atoms with Crippen LogP contribution in [0, 0.1) is 5.82 Å². The lowest BCUT2D eigenvalue weighted by molar-refractivity contribution is 0.546. The van der Waals surface area contributed by atoms with Crippen LogP contribution in [-0.4, -0.2) is 4.98 Å². The summed E-state index contributed by atoms with van der Waals surface area (Å²) < 4.78 is 13.9. The van der Waals surface area contributed by atoms with Gasteiger partial charge in [-0.3, -0.25) is 16.3 Å². The zero-order chi connectivity index (χ0) is 12.3. The Balaban J connectivity index is 2.20. The minimum Gasteiger partial charge on any atom is -0.271 e. The van der Waals surface area contributed by atoms with E-state index in [1.807, 2.05) is 6.07 Å². The van der Waals surface area contributed by atoms with Crippen LogP contribution in [0.15, 0.2) is 34.4 Å². The van der Waals surface area contributed by atoms with E-state index >= 15 is 0 Å². The molecule has 0 amide bonds. The van der Waals surface area contributed by atoms with Crippen LogP contribution < -0.4 is 11.3 Å². The second-order valence-corrected chi connectivity index (χ2v) is 5.39. The lowest BCUT2D eigenvalue weighted by Gasteiger charge is -2.15. The summed E-state index contributed by atoms with van der Waals surface area (Å²) in [5.74, 6) is 5.22. The van der Waals surface area contributed by atoms with E-state index in [9.17, 15) is 4.39 Å². The fourth-order valence-electron chi connectivity index (χ4n) is 1.55. The first-order chi connectivity index (χ1) is 8.20. The van der Waals surface area contributed by atoms with Crippen molar-refractivity contribution in [1.82, 2.24) is 10.4 Å². The standard InChI is InChI=1S/C11H11BrFN3S/c12-9-2-1-7(3-10(9)13)11(16-14)4-8-5-15-6-17-8/h1-3,5-6,11,16H,4,14H2.